The zero-order valence-electron chi connectivity index (χ0n) is 20.2. The zero-order valence-corrected chi connectivity index (χ0v) is 20.2. The first-order chi connectivity index (χ1) is 17.6. The van der Waals surface area contributed by atoms with E-state index < -0.39 is 17.9 Å². The van der Waals surface area contributed by atoms with Crippen molar-refractivity contribution < 1.29 is 23.5 Å². The molecule has 9 heteroatoms. The van der Waals surface area contributed by atoms with Crippen LogP contribution in [-0.2, 0) is 9.59 Å². The highest BCUT2D eigenvalue weighted by Gasteiger charge is 2.36. The minimum Gasteiger partial charge on any atom is -0.493 e. The number of benzene rings is 1. The number of aromatic nitrogens is 1. The molecule has 1 aliphatic carbocycles. The van der Waals surface area contributed by atoms with Crippen molar-refractivity contribution in [2.45, 2.75) is 44.7 Å². The average Bonchev–Trinajstić information content (AvgIpc) is 3.62. The Balaban J connectivity index is 1.70. The predicted molar refractivity (Wildman–Crippen MR) is 134 cm³/mol. The van der Waals surface area contributed by atoms with E-state index in [1.54, 1.807) is 42.6 Å². The first kappa shape index (κ1) is 25.0. The van der Waals surface area contributed by atoms with E-state index in [2.05, 4.69) is 15.6 Å². The number of hydrogen-bond acceptors (Lipinski definition) is 6. The summed E-state index contributed by atoms with van der Waals surface area (Å²) in [6.45, 7) is 1.91. The van der Waals surface area contributed by atoms with Gasteiger partial charge in [0.2, 0.25) is 11.8 Å². The second kappa shape index (κ2) is 12.0. The number of amides is 3. The number of nitrogens with one attached hydrogen (secondary N) is 2. The van der Waals surface area contributed by atoms with Crippen molar-refractivity contribution in [1.29, 1.82) is 0 Å². The maximum Gasteiger partial charge on any atom is 0.287 e. The molecule has 0 saturated heterocycles. The van der Waals surface area contributed by atoms with Gasteiger partial charge in [-0.3, -0.25) is 24.3 Å². The number of furan rings is 1. The highest BCUT2D eigenvalue weighted by atomic mass is 16.5. The van der Waals surface area contributed by atoms with E-state index in [4.69, 9.17) is 9.15 Å². The molecular weight excluding hydrogens is 460 g/mol. The second-order valence-electron chi connectivity index (χ2n) is 8.50. The van der Waals surface area contributed by atoms with Gasteiger partial charge in [-0.2, -0.15) is 0 Å². The summed E-state index contributed by atoms with van der Waals surface area (Å²) in [6, 6.07) is 12.7. The molecule has 3 amide bonds. The molecule has 1 atom stereocenters. The molecule has 1 aromatic carbocycles. The Hall–Kier alpha value is -4.14. The zero-order chi connectivity index (χ0) is 25.3. The normalized spacial score (nSPS) is 14.1. The molecule has 2 aromatic heterocycles. The molecule has 1 saturated carbocycles. The molecule has 0 aliphatic heterocycles. The van der Waals surface area contributed by atoms with Gasteiger partial charge in [-0.15, -0.1) is 0 Å². The van der Waals surface area contributed by atoms with Gasteiger partial charge in [0.15, 0.2) is 5.76 Å². The van der Waals surface area contributed by atoms with Crippen molar-refractivity contribution in [3.8, 4) is 5.75 Å². The number of carbonyl (C=O) groups is 3. The topological polar surface area (TPSA) is 114 Å². The molecule has 4 rings (SSSR count). The molecule has 3 aromatic rings. The summed E-state index contributed by atoms with van der Waals surface area (Å²) >= 11 is 0. The Morgan fingerprint density at radius 2 is 1.92 bits per heavy atom. The van der Waals surface area contributed by atoms with E-state index >= 15 is 0 Å². The van der Waals surface area contributed by atoms with Crippen molar-refractivity contribution in [3.63, 3.8) is 0 Å². The van der Waals surface area contributed by atoms with E-state index in [9.17, 15) is 14.4 Å². The van der Waals surface area contributed by atoms with Gasteiger partial charge in [-0.05, 0) is 50.1 Å². The number of carbonyl (C=O) groups excluding carboxylic acids is 3. The first-order valence-electron chi connectivity index (χ1n) is 12.1. The highest BCUT2D eigenvalue weighted by molar-refractivity contribution is 6.04. The van der Waals surface area contributed by atoms with E-state index in [1.165, 1.54) is 23.4 Å². The summed E-state index contributed by atoms with van der Waals surface area (Å²) in [5, 5.41) is 5.71. The van der Waals surface area contributed by atoms with Crippen molar-refractivity contribution in [2.75, 3.05) is 18.1 Å². The third-order valence-electron chi connectivity index (χ3n) is 6.06. The van der Waals surface area contributed by atoms with Crippen molar-refractivity contribution in [2.24, 2.45) is 0 Å². The number of nitrogens with zero attached hydrogens (tertiary/aromatic N) is 2. The molecule has 188 valence electrons. The molecular formula is C27H30N4O5. The van der Waals surface area contributed by atoms with E-state index in [0.29, 0.717) is 23.6 Å². The van der Waals surface area contributed by atoms with Crippen molar-refractivity contribution in [1.82, 2.24) is 15.6 Å². The van der Waals surface area contributed by atoms with Crippen LogP contribution < -0.4 is 20.3 Å². The van der Waals surface area contributed by atoms with Gasteiger partial charge in [0.25, 0.3) is 5.91 Å². The largest absolute Gasteiger partial charge is 0.493 e. The van der Waals surface area contributed by atoms with Gasteiger partial charge in [0.05, 0.1) is 31.3 Å². The maximum atomic E-state index is 13.8. The van der Waals surface area contributed by atoms with E-state index in [0.717, 1.165) is 25.7 Å². The van der Waals surface area contributed by atoms with Crippen LogP contribution in [0.2, 0.25) is 0 Å². The number of hydrogen-bond donors (Lipinski definition) is 2. The van der Waals surface area contributed by atoms with E-state index in [-0.39, 0.29) is 24.3 Å². The molecule has 9 nitrogen and oxygen atoms in total. The molecule has 1 fully saturated rings. The van der Waals surface area contributed by atoms with Gasteiger partial charge in [0, 0.05) is 17.8 Å². The van der Waals surface area contributed by atoms with E-state index in [1.807, 2.05) is 13.0 Å². The van der Waals surface area contributed by atoms with Gasteiger partial charge in [-0.25, -0.2) is 0 Å². The lowest BCUT2D eigenvalue weighted by Crippen LogP contribution is -2.49. The Labute approximate surface area is 209 Å². The second-order valence-corrected chi connectivity index (χ2v) is 8.50. The Kier molecular flexibility index (Phi) is 8.33. The monoisotopic (exact) mass is 490 g/mol. The quantitative estimate of drug-likeness (QED) is 0.449. The Morgan fingerprint density at radius 3 is 2.61 bits per heavy atom. The maximum absolute atomic E-state index is 13.8. The number of rotatable bonds is 10. The summed E-state index contributed by atoms with van der Waals surface area (Å²) in [7, 11) is 0. The van der Waals surface area contributed by atoms with Crippen LogP contribution >= 0.6 is 0 Å². The minimum absolute atomic E-state index is 0.0451. The van der Waals surface area contributed by atoms with Crippen LogP contribution in [0.4, 0.5) is 5.69 Å². The van der Waals surface area contributed by atoms with Gasteiger partial charge < -0.3 is 19.8 Å². The van der Waals surface area contributed by atoms with Crippen LogP contribution in [-0.4, -0.2) is 41.9 Å². The predicted octanol–water partition coefficient (Wildman–Crippen LogP) is 3.64. The van der Waals surface area contributed by atoms with Crippen LogP contribution in [0, 0.1) is 0 Å². The smallest absolute Gasteiger partial charge is 0.287 e. The fourth-order valence-electron chi connectivity index (χ4n) is 4.41. The van der Waals surface area contributed by atoms with Gasteiger partial charge in [0.1, 0.15) is 11.8 Å². The molecule has 0 radical (unpaired) electrons. The van der Waals surface area contributed by atoms with Crippen molar-refractivity contribution >= 4 is 23.4 Å². The van der Waals surface area contributed by atoms with Crippen molar-refractivity contribution in [3.05, 3.63) is 78.5 Å². The molecule has 0 spiro atoms. The van der Waals surface area contributed by atoms with Crippen LogP contribution in [0.25, 0.3) is 0 Å². The fraction of sp³-hybridized carbons (Fsp3) is 0.333. The number of anilines is 1. The molecule has 2 heterocycles. The summed E-state index contributed by atoms with van der Waals surface area (Å²) < 4.78 is 11.0. The van der Waals surface area contributed by atoms with Crippen LogP contribution in [0.5, 0.6) is 5.75 Å². The van der Waals surface area contributed by atoms with Crippen LogP contribution in [0.15, 0.2) is 71.6 Å². The summed E-state index contributed by atoms with van der Waals surface area (Å²) in [5.74, 6) is -0.730. The molecule has 1 aliphatic rings. The molecule has 36 heavy (non-hydrogen) atoms. The number of para-hydroxylation sites is 1. The Morgan fingerprint density at radius 1 is 1.11 bits per heavy atom. The van der Waals surface area contributed by atoms with Crippen LogP contribution in [0.3, 0.4) is 0 Å². The highest BCUT2D eigenvalue weighted by Crippen LogP contribution is 2.34. The average molecular weight is 491 g/mol. The molecule has 0 bridgehead atoms. The van der Waals surface area contributed by atoms with Gasteiger partial charge in [-0.1, -0.05) is 31.0 Å². The summed E-state index contributed by atoms with van der Waals surface area (Å²) in [4.78, 5) is 45.5. The Bertz CT molecular complexity index is 1160. The summed E-state index contributed by atoms with van der Waals surface area (Å²) in [5.41, 5.74) is 0.969. The molecule has 2 N–H and O–H groups in total. The summed E-state index contributed by atoms with van der Waals surface area (Å²) in [6.07, 6.45) is 8.38. The van der Waals surface area contributed by atoms with Gasteiger partial charge >= 0.3 is 0 Å². The third-order valence-corrected chi connectivity index (χ3v) is 6.06. The lowest BCUT2D eigenvalue weighted by molar-refractivity contribution is -0.126. The lowest BCUT2D eigenvalue weighted by atomic mass is 10.0. The third kappa shape index (κ3) is 5.91. The standard InChI is InChI=1S/C27H30N4O5/c1-2-35-22-13-6-5-12-21(22)25(27(34)30-19-9-3-4-10-19)31(20-11-7-15-28-17-20)24(32)18-29-26(33)23-14-8-16-36-23/h5-8,11-17,19,25H,2-4,9-10,18H2,1H3,(H,29,33)(H,30,34). The number of pyridine rings is 1. The lowest BCUT2D eigenvalue weighted by Gasteiger charge is -2.33. The minimum atomic E-state index is -1.04. The fourth-order valence-corrected chi connectivity index (χ4v) is 4.41. The SMILES string of the molecule is CCOc1ccccc1C(C(=O)NC1CCCC1)N(C(=O)CNC(=O)c1ccco1)c1cccnc1. The first-order valence-corrected chi connectivity index (χ1v) is 12.1. The van der Waals surface area contributed by atoms with Crippen LogP contribution in [0.1, 0.15) is 54.8 Å². The number of ether oxygens (including phenoxy) is 1. The molecule has 1 unspecified atom stereocenters.